The Kier molecular flexibility index (Phi) is 3.21. The molecule has 0 saturated carbocycles. The molecule has 96 valence electrons. The van der Waals surface area contributed by atoms with Crippen LogP contribution in [0.4, 0.5) is 4.39 Å². The van der Waals surface area contributed by atoms with E-state index in [1.165, 1.54) is 0 Å². The minimum Gasteiger partial charge on any atom is -0.342 e. The molecule has 0 spiro atoms. The van der Waals surface area contributed by atoms with E-state index in [2.05, 4.69) is 0 Å². The maximum absolute atomic E-state index is 13.9. The molecule has 1 aromatic heterocycles. The van der Waals surface area contributed by atoms with Crippen LogP contribution in [0, 0.1) is 5.82 Å². The van der Waals surface area contributed by atoms with Crippen molar-refractivity contribution < 1.29 is 4.39 Å². The standard InChI is InChI=1S/C15H10Cl2FN/c16-12-5-2-4-11(14(12)18)9-19-8-7-10-3-1-6-13(17)15(10)19/h1-8H,9H2. The fourth-order valence-corrected chi connectivity index (χ4v) is 2.68. The van der Waals surface area contributed by atoms with Crippen LogP contribution < -0.4 is 0 Å². The Morgan fingerprint density at radius 2 is 1.68 bits per heavy atom. The smallest absolute Gasteiger partial charge is 0.146 e. The van der Waals surface area contributed by atoms with E-state index in [1.54, 1.807) is 18.2 Å². The molecule has 0 aliphatic heterocycles. The van der Waals surface area contributed by atoms with E-state index in [4.69, 9.17) is 23.2 Å². The number of fused-ring (bicyclic) bond motifs is 1. The number of halogens is 3. The molecule has 3 rings (SSSR count). The molecule has 0 bridgehead atoms. The maximum Gasteiger partial charge on any atom is 0.146 e. The highest BCUT2D eigenvalue weighted by Crippen LogP contribution is 2.26. The Labute approximate surface area is 120 Å². The van der Waals surface area contributed by atoms with Crippen molar-refractivity contribution in [3.63, 3.8) is 0 Å². The number of aromatic nitrogens is 1. The normalized spacial score (nSPS) is 11.1. The molecule has 3 aromatic rings. The number of para-hydroxylation sites is 1. The molecule has 0 N–H and O–H groups in total. The highest BCUT2D eigenvalue weighted by molar-refractivity contribution is 6.35. The molecule has 0 fully saturated rings. The van der Waals surface area contributed by atoms with E-state index in [-0.39, 0.29) is 10.8 Å². The summed E-state index contributed by atoms with van der Waals surface area (Å²) in [6, 6.07) is 12.7. The molecule has 0 saturated heterocycles. The summed E-state index contributed by atoms with van der Waals surface area (Å²) in [4.78, 5) is 0. The van der Waals surface area contributed by atoms with Crippen molar-refractivity contribution in [2.75, 3.05) is 0 Å². The van der Waals surface area contributed by atoms with Crippen molar-refractivity contribution in [3.05, 3.63) is 70.1 Å². The van der Waals surface area contributed by atoms with Gasteiger partial charge < -0.3 is 4.57 Å². The van der Waals surface area contributed by atoms with Crippen molar-refractivity contribution in [1.82, 2.24) is 4.57 Å². The molecule has 1 heterocycles. The molecule has 0 aliphatic rings. The number of hydrogen-bond acceptors (Lipinski definition) is 0. The third kappa shape index (κ3) is 2.22. The lowest BCUT2D eigenvalue weighted by atomic mass is 10.2. The summed E-state index contributed by atoms with van der Waals surface area (Å²) in [5.74, 6) is -0.377. The zero-order chi connectivity index (χ0) is 13.4. The molecule has 0 radical (unpaired) electrons. The summed E-state index contributed by atoms with van der Waals surface area (Å²) < 4.78 is 15.8. The van der Waals surface area contributed by atoms with E-state index >= 15 is 0 Å². The van der Waals surface area contributed by atoms with Gasteiger partial charge in [0.25, 0.3) is 0 Å². The van der Waals surface area contributed by atoms with Crippen molar-refractivity contribution in [2.45, 2.75) is 6.54 Å². The minimum atomic E-state index is -0.377. The van der Waals surface area contributed by atoms with E-state index in [9.17, 15) is 4.39 Å². The number of hydrogen-bond donors (Lipinski definition) is 0. The van der Waals surface area contributed by atoms with Crippen LogP contribution in [0.3, 0.4) is 0 Å². The van der Waals surface area contributed by atoms with Crippen molar-refractivity contribution in [2.24, 2.45) is 0 Å². The molecule has 4 heteroatoms. The summed E-state index contributed by atoms with van der Waals surface area (Å²) >= 11 is 12.0. The Balaban J connectivity index is 2.09. The van der Waals surface area contributed by atoms with Crippen LogP contribution in [0.25, 0.3) is 10.9 Å². The second-order valence-corrected chi connectivity index (χ2v) is 5.15. The molecular weight excluding hydrogens is 284 g/mol. The van der Waals surface area contributed by atoms with Gasteiger partial charge in [0.15, 0.2) is 0 Å². The average molecular weight is 294 g/mol. The van der Waals surface area contributed by atoms with Gasteiger partial charge in [-0.25, -0.2) is 4.39 Å². The predicted molar refractivity (Wildman–Crippen MR) is 77.5 cm³/mol. The first-order valence-electron chi connectivity index (χ1n) is 5.83. The van der Waals surface area contributed by atoms with Gasteiger partial charge in [0.1, 0.15) is 5.82 Å². The SMILES string of the molecule is Fc1c(Cl)cccc1Cn1ccc2cccc(Cl)c21. The van der Waals surface area contributed by atoms with E-state index in [1.807, 2.05) is 35.0 Å². The van der Waals surface area contributed by atoms with E-state index < -0.39 is 0 Å². The lowest BCUT2D eigenvalue weighted by Crippen LogP contribution is -2.01. The molecule has 0 atom stereocenters. The largest absolute Gasteiger partial charge is 0.342 e. The van der Waals surface area contributed by atoms with Gasteiger partial charge in [0.2, 0.25) is 0 Å². The first-order valence-corrected chi connectivity index (χ1v) is 6.58. The highest BCUT2D eigenvalue weighted by atomic mass is 35.5. The summed E-state index contributed by atoms with van der Waals surface area (Å²) in [5, 5.41) is 1.83. The van der Waals surface area contributed by atoms with Gasteiger partial charge in [-0.3, -0.25) is 0 Å². The monoisotopic (exact) mass is 293 g/mol. The fraction of sp³-hybridized carbons (Fsp3) is 0.0667. The highest BCUT2D eigenvalue weighted by Gasteiger charge is 2.10. The number of rotatable bonds is 2. The second-order valence-electron chi connectivity index (χ2n) is 4.33. The molecule has 0 aliphatic carbocycles. The number of benzene rings is 2. The lowest BCUT2D eigenvalue weighted by molar-refractivity contribution is 0.602. The summed E-state index contributed by atoms with van der Waals surface area (Å²) in [6.45, 7) is 0.402. The maximum atomic E-state index is 13.9. The van der Waals surface area contributed by atoms with Gasteiger partial charge in [0, 0.05) is 17.1 Å². The van der Waals surface area contributed by atoms with Gasteiger partial charge >= 0.3 is 0 Å². The van der Waals surface area contributed by atoms with Crippen LogP contribution in [0.1, 0.15) is 5.56 Å². The van der Waals surface area contributed by atoms with Crippen LogP contribution in [0.2, 0.25) is 10.0 Å². The van der Waals surface area contributed by atoms with Gasteiger partial charge in [-0.2, -0.15) is 0 Å². The first-order chi connectivity index (χ1) is 9.16. The molecule has 0 unspecified atom stereocenters. The average Bonchev–Trinajstić information content (AvgIpc) is 2.80. The number of nitrogens with zero attached hydrogens (tertiary/aromatic N) is 1. The van der Waals surface area contributed by atoms with Gasteiger partial charge in [0.05, 0.1) is 22.1 Å². The van der Waals surface area contributed by atoms with Gasteiger partial charge in [-0.05, 0) is 18.2 Å². The van der Waals surface area contributed by atoms with Crippen LogP contribution in [-0.2, 0) is 6.54 Å². The van der Waals surface area contributed by atoms with Crippen LogP contribution in [0.15, 0.2) is 48.7 Å². The van der Waals surface area contributed by atoms with E-state index in [0.717, 1.165) is 10.9 Å². The van der Waals surface area contributed by atoms with Gasteiger partial charge in [-0.1, -0.05) is 47.5 Å². The third-order valence-electron chi connectivity index (χ3n) is 3.11. The molecule has 2 aromatic carbocycles. The summed E-state index contributed by atoms with van der Waals surface area (Å²) in [6.07, 6.45) is 1.90. The van der Waals surface area contributed by atoms with Crippen LogP contribution in [-0.4, -0.2) is 4.57 Å². The quantitative estimate of drug-likeness (QED) is 0.617. The predicted octanol–water partition coefficient (Wildman–Crippen LogP) is 5.14. The molecule has 1 nitrogen and oxygen atoms in total. The molecular formula is C15H10Cl2FN. The van der Waals surface area contributed by atoms with Crippen molar-refractivity contribution >= 4 is 34.1 Å². The Morgan fingerprint density at radius 1 is 0.947 bits per heavy atom. The minimum absolute atomic E-state index is 0.139. The Morgan fingerprint density at radius 3 is 2.53 bits per heavy atom. The van der Waals surface area contributed by atoms with Crippen LogP contribution in [0.5, 0.6) is 0 Å². The zero-order valence-electron chi connectivity index (χ0n) is 9.91. The topological polar surface area (TPSA) is 4.93 Å². The Hall–Kier alpha value is -1.51. The molecule has 19 heavy (non-hydrogen) atoms. The van der Waals surface area contributed by atoms with Crippen molar-refractivity contribution in [3.8, 4) is 0 Å². The summed E-state index contributed by atoms with van der Waals surface area (Å²) in [5.41, 5.74) is 1.45. The lowest BCUT2D eigenvalue weighted by Gasteiger charge is -2.08. The second kappa shape index (κ2) is 4.87. The van der Waals surface area contributed by atoms with Crippen molar-refractivity contribution in [1.29, 1.82) is 0 Å². The van der Waals surface area contributed by atoms with E-state index in [0.29, 0.717) is 17.1 Å². The Bertz CT molecular complexity index is 749. The molecule has 0 amide bonds. The zero-order valence-corrected chi connectivity index (χ0v) is 11.4. The summed E-state index contributed by atoms with van der Waals surface area (Å²) in [7, 11) is 0. The van der Waals surface area contributed by atoms with Gasteiger partial charge in [-0.15, -0.1) is 0 Å². The fourth-order valence-electron chi connectivity index (χ4n) is 2.20. The first kappa shape index (κ1) is 12.5. The third-order valence-corrected chi connectivity index (χ3v) is 3.71. The van der Waals surface area contributed by atoms with Crippen LogP contribution >= 0.6 is 23.2 Å².